The molecule has 0 radical (unpaired) electrons. The molecule has 4 heteroatoms. The third-order valence-electron chi connectivity index (χ3n) is 0.794. The second-order valence-electron chi connectivity index (χ2n) is 1.60. The Morgan fingerprint density at radius 1 is 2.00 bits per heavy atom. The van der Waals surface area contributed by atoms with Crippen molar-refractivity contribution in [2.45, 2.75) is 6.92 Å². The monoisotopic (exact) mass is 127 g/mol. The molecule has 0 aliphatic heterocycles. The van der Waals surface area contributed by atoms with Gasteiger partial charge in [-0.05, 0) is 6.92 Å². The highest BCUT2D eigenvalue weighted by molar-refractivity contribution is 5.09. The fraction of sp³-hybridized carbons (Fsp3) is 0.200. The second kappa shape index (κ2) is 1.89. The van der Waals surface area contributed by atoms with E-state index >= 15 is 0 Å². The van der Waals surface area contributed by atoms with Crippen molar-refractivity contribution in [2.75, 3.05) is 0 Å². The first kappa shape index (κ1) is 4.55. The van der Waals surface area contributed by atoms with Crippen molar-refractivity contribution in [1.82, 2.24) is 9.97 Å². The van der Waals surface area contributed by atoms with E-state index in [0.29, 0.717) is 0 Å². The van der Waals surface area contributed by atoms with Gasteiger partial charge in [-0.3, -0.25) is 4.98 Å². The quantitative estimate of drug-likeness (QED) is 0.506. The number of hydrogen-bond donors (Lipinski definition) is 2. The third-order valence-corrected chi connectivity index (χ3v) is 0.794. The van der Waals surface area contributed by atoms with Crippen LogP contribution in [0.15, 0.2) is 10.8 Å². The van der Waals surface area contributed by atoms with Crippen LogP contribution in [-0.2, 0) is 0 Å². The first-order chi connectivity index (χ1) is 4.61. The SMILES string of the molecule is [2H]c1c(C)nc(=O)[nH]c1O. The molecular weight excluding hydrogens is 120 g/mol. The number of nitrogens with one attached hydrogen (secondary N) is 1. The summed E-state index contributed by atoms with van der Waals surface area (Å²) in [4.78, 5) is 15.8. The van der Waals surface area contributed by atoms with Gasteiger partial charge in [0.2, 0.25) is 0 Å². The summed E-state index contributed by atoms with van der Waals surface area (Å²) in [6, 6.07) is -0.139. The Balaban J connectivity index is 3.46. The molecule has 0 bridgehead atoms. The smallest absolute Gasteiger partial charge is 0.347 e. The van der Waals surface area contributed by atoms with E-state index in [1.54, 1.807) is 0 Å². The maximum atomic E-state index is 10.5. The van der Waals surface area contributed by atoms with Gasteiger partial charge in [-0.2, -0.15) is 4.98 Å². The Bertz CT molecular complexity index is 281. The zero-order chi connectivity index (χ0) is 7.72. The molecule has 0 aliphatic rings. The van der Waals surface area contributed by atoms with Crippen LogP contribution in [0.25, 0.3) is 0 Å². The first-order valence-corrected chi connectivity index (χ1v) is 2.37. The van der Waals surface area contributed by atoms with Gasteiger partial charge in [-0.1, -0.05) is 0 Å². The molecule has 0 atom stereocenters. The van der Waals surface area contributed by atoms with Gasteiger partial charge in [-0.15, -0.1) is 0 Å². The lowest BCUT2D eigenvalue weighted by atomic mass is 10.4. The van der Waals surface area contributed by atoms with Crippen molar-refractivity contribution >= 4 is 0 Å². The summed E-state index contributed by atoms with van der Waals surface area (Å²) in [7, 11) is 0. The minimum absolute atomic E-state index is 0.139. The molecule has 0 spiro atoms. The fourth-order valence-electron chi connectivity index (χ4n) is 0.512. The van der Waals surface area contributed by atoms with Crippen molar-refractivity contribution in [1.29, 1.82) is 0 Å². The summed E-state index contributed by atoms with van der Waals surface area (Å²) in [5.41, 5.74) is -0.410. The van der Waals surface area contributed by atoms with Crippen LogP contribution in [0.3, 0.4) is 0 Å². The maximum absolute atomic E-state index is 10.5. The molecule has 1 aromatic rings. The van der Waals surface area contributed by atoms with Crippen LogP contribution < -0.4 is 5.69 Å². The maximum Gasteiger partial charge on any atom is 0.347 e. The number of hydrogen-bond acceptors (Lipinski definition) is 3. The molecule has 2 N–H and O–H groups in total. The lowest BCUT2D eigenvalue weighted by molar-refractivity contribution is 0.448. The number of aromatic hydroxyl groups is 1. The van der Waals surface area contributed by atoms with Gasteiger partial charge in [-0.25, -0.2) is 4.79 Å². The minimum atomic E-state index is -0.633. The van der Waals surface area contributed by atoms with Gasteiger partial charge >= 0.3 is 5.69 Å². The van der Waals surface area contributed by atoms with Gasteiger partial charge in [0.15, 0.2) is 5.88 Å². The van der Waals surface area contributed by atoms with E-state index in [9.17, 15) is 4.79 Å². The Labute approximate surface area is 52.6 Å². The Morgan fingerprint density at radius 3 is 3.22 bits per heavy atom. The van der Waals surface area contributed by atoms with E-state index in [2.05, 4.69) is 4.98 Å². The molecule has 0 fully saturated rings. The van der Waals surface area contributed by atoms with Gasteiger partial charge in [0.05, 0.1) is 1.37 Å². The summed E-state index contributed by atoms with van der Waals surface area (Å²) >= 11 is 0. The molecule has 0 amide bonds. The molecule has 4 nitrogen and oxygen atoms in total. The standard InChI is InChI=1S/C5H6N2O2/c1-3-2-4(8)7-5(9)6-3/h2H,1H3,(H2,6,7,8,9)/i2D. The average molecular weight is 127 g/mol. The minimum Gasteiger partial charge on any atom is -0.494 e. The molecule has 1 rings (SSSR count). The van der Waals surface area contributed by atoms with Crippen molar-refractivity contribution in [3.63, 3.8) is 0 Å². The summed E-state index contributed by atoms with van der Waals surface area (Å²) in [5.74, 6) is -0.433. The van der Waals surface area contributed by atoms with Crippen molar-refractivity contribution in [2.24, 2.45) is 0 Å². The number of aromatic nitrogens is 2. The number of H-pyrrole nitrogens is 1. The molecule has 1 aromatic heterocycles. The van der Waals surface area contributed by atoms with E-state index < -0.39 is 11.6 Å². The van der Waals surface area contributed by atoms with Crippen molar-refractivity contribution in [3.8, 4) is 5.88 Å². The normalized spacial score (nSPS) is 11.0. The van der Waals surface area contributed by atoms with Crippen LogP contribution in [0.1, 0.15) is 7.06 Å². The Hall–Kier alpha value is -1.32. The predicted octanol–water partition coefficient (Wildman–Crippen LogP) is -0.216. The van der Waals surface area contributed by atoms with Crippen LogP contribution in [0.5, 0.6) is 5.88 Å². The predicted molar refractivity (Wildman–Crippen MR) is 31.3 cm³/mol. The van der Waals surface area contributed by atoms with Crippen molar-refractivity contribution in [3.05, 3.63) is 22.2 Å². The molecule has 48 valence electrons. The van der Waals surface area contributed by atoms with Gasteiger partial charge < -0.3 is 5.11 Å². The summed E-state index contributed by atoms with van der Waals surface area (Å²) in [6.07, 6.45) is 0. The molecule has 0 saturated heterocycles. The van der Waals surface area contributed by atoms with Crippen LogP contribution >= 0.6 is 0 Å². The van der Waals surface area contributed by atoms with E-state index in [4.69, 9.17) is 6.48 Å². The Morgan fingerprint density at radius 2 is 2.67 bits per heavy atom. The Kier molecular flexibility index (Phi) is 0.955. The zero-order valence-electron chi connectivity index (χ0n) is 5.80. The largest absolute Gasteiger partial charge is 0.494 e. The highest BCUT2D eigenvalue weighted by Crippen LogP contribution is 1.97. The fourth-order valence-corrected chi connectivity index (χ4v) is 0.512. The topological polar surface area (TPSA) is 66.0 Å². The molecule has 0 unspecified atom stereocenters. The molecule has 0 aromatic carbocycles. The molecule has 0 aliphatic carbocycles. The summed E-state index contributed by atoms with van der Waals surface area (Å²) in [6.45, 7) is 1.48. The average Bonchev–Trinajstić information content (AvgIpc) is 1.82. The van der Waals surface area contributed by atoms with E-state index in [1.807, 2.05) is 4.98 Å². The van der Waals surface area contributed by atoms with Crippen LogP contribution in [0, 0.1) is 6.92 Å². The van der Waals surface area contributed by atoms with Gasteiger partial charge in [0.25, 0.3) is 0 Å². The lowest BCUT2D eigenvalue weighted by Gasteiger charge is -1.89. The number of nitrogens with zero attached hydrogens (tertiary/aromatic N) is 1. The van der Waals surface area contributed by atoms with Crippen LogP contribution in [0.4, 0.5) is 0 Å². The van der Waals surface area contributed by atoms with E-state index in [-0.39, 0.29) is 11.7 Å². The molecule has 9 heavy (non-hydrogen) atoms. The second-order valence-corrected chi connectivity index (χ2v) is 1.60. The first-order valence-electron chi connectivity index (χ1n) is 2.87. The lowest BCUT2D eigenvalue weighted by Crippen LogP contribution is -2.09. The van der Waals surface area contributed by atoms with E-state index in [1.165, 1.54) is 6.92 Å². The van der Waals surface area contributed by atoms with Gasteiger partial charge in [0, 0.05) is 11.7 Å². The number of aromatic amines is 1. The number of aryl methyl sites for hydroxylation is 1. The molecule has 0 saturated carbocycles. The summed E-state index contributed by atoms with van der Waals surface area (Å²) in [5, 5.41) is 8.80. The number of rotatable bonds is 0. The third kappa shape index (κ3) is 1.28. The summed E-state index contributed by atoms with van der Waals surface area (Å²) < 4.78 is 7.06. The van der Waals surface area contributed by atoms with Crippen LogP contribution in [-0.4, -0.2) is 15.1 Å². The highest BCUT2D eigenvalue weighted by Gasteiger charge is 1.90. The highest BCUT2D eigenvalue weighted by atomic mass is 16.3. The van der Waals surface area contributed by atoms with Crippen LogP contribution in [0.2, 0.25) is 0 Å². The van der Waals surface area contributed by atoms with Gasteiger partial charge in [0.1, 0.15) is 0 Å². The van der Waals surface area contributed by atoms with E-state index in [0.717, 1.165) is 0 Å². The van der Waals surface area contributed by atoms with Crippen molar-refractivity contribution < 1.29 is 6.48 Å². The zero-order valence-corrected chi connectivity index (χ0v) is 4.80. The molecule has 1 heterocycles. The molecular formula is C5H6N2O2.